The van der Waals surface area contributed by atoms with Gasteiger partial charge in [-0.15, -0.1) is 0 Å². The van der Waals surface area contributed by atoms with Crippen LogP contribution in [0.2, 0.25) is 0 Å². The number of carbonyl (C=O) groups is 1. The lowest BCUT2D eigenvalue weighted by Gasteiger charge is -2.24. The number of nitrogens with zero attached hydrogens (tertiary/aromatic N) is 3. The Morgan fingerprint density at radius 2 is 2.00 bits per heavy atom. The zero-order valence-electron chi connectivity index (χ0n) is 13.3. The van der Waals surface area contributed by atoms with Crippen LogP contribution >= 0.6 is 0 Å². The summed E-state index contributed by atoms with van der Waals surface area (Å²) >= 11 is 0. The first-order chi connectivity index (χ1) is 11.4. The summed E-state index contributed by atoms with van der Waals surface area (Å²) < 4.78 is 43.3. The van der Waals surface area contributed by atoms with Gasteiger partial charge in [-0.25, -0.2) is 4.98 Å². The predicted octanol–water partition coefficient (Wildman–Crippen LogP) is 2.32. The van der Waals surface area contributed by atoms with Crippen molar-refractivity contribution in [2.24, 2.45) is 0 Å². The summed E-state index contributed by atoms with van der Waals surface area (Å²) in [6.07, 6.45) is -1.43. The highest BCUT2D eigenvalue weighted by Gasteiger charge is 2.32. The summed E-state index contributed by atoms with van der Waals surface area (Å²) in [4.78, 5) is 20.0. The summed E-state index contributed by atoms with van der Waals surface area (Å²) in [5.74, 6) is 0.532. The van der Waals surface area contributed by atoms with Gasteiger partial charge in [0.25, 0.3) is 5.91 Å². The smallest absolute Gasteiger partial charge is 0.368 e. The van der Waals surface area contributed by atoms with Gasteiger partial charge < -0.3 is 14.5 Å². The molecule has 3 heterocycles. The molecule has 2 aliphatic rings. The van der Waals surface area contributed by atoms with E-state index < -0.39 is 11.7 Å². The second kappa shape index (κ2) is 6.96. The van der Waals surface area contributed by atoms with Crippen LogP contribution in [0.15, 0.2) is 18.3 Å². The minimum absolute atomic E-state index is 0.0229. The average Bonchev–Trinajstić information content (AvgIpc) is 2.98. The third-order valence-electron chi connectivity index (χ3n) is 4.41. The number of halogens is 3. The maximum Gasteiger partial charge on any atom is 0.417 e. The van der Waals surface area contributed by atoms with E-state index in [0.29, 0.717) is 38.6 Å². The van der Waals surface area contributed by atoms with Crippen LogP contribution in [0.3, 0.4) is 0 Å². The van der Waals surface area contributed by atoms with E-state index in [1.165, 1.54) is 6.07 Å². The van der Waals surface area contributed by atoms with Crippen molar-refractivity contribution in [3.8, 4) is 0 Å². The van der Waals surface area contributed by atoms with Gasteiger partial charge in [-0.05, 0) is 31.4 Å². The van der Waals surface area contributed by atoms with Gasteiger partial charge in [-0.3, -0.25) is 4.79 Å². The Labute approximate surface area is 138 Å². The van der Waals surface area contributed by atoms with Gasteiger partial charge in [0, 0.05) is 39.0 Å². The first-order valence-corrected chi connectivity index (χ1v) is 8.14. The summed E-state index contributed by atoms with van der Waals surface area (Å²) in [5.41, 5.74) is -0.753. The third-order valence-corrected chi connectivity index (χ3v) is 4.41. The van der Waals surface area contributed by atoms with Gasteiger partial charge in [-0.2, -0.15) is 13.2 Å². The fraction of sp³-hybridized carbons (Fsp3) is 0.625. The number of carbonyl (C=O) groups excluding carboxylic acids is 1. The zero-order chi connectivity index (χ0) is 17.2. The number of amides is 1. The molecule has 0 N–H and O–H groups in total. The Hall–Kier alpha value is -1.83. The molecule has 3 rings (SSSR count). The lowest BCUT2D eigenvalue weighted by atomic mass is 10.2. The van der Waals surface area contributed by atoms with Gasteiger partial charge in [0.2, 0.25) is 0 Å². The number of alkyl halides is 3. The van der Waals surface area contributed by atoms with E-state index in [0.717, 1.165) is 31.5 Å². The Bertz CT molecular complexity index is 571. The highest BCUT2D eigenvalue weighted by atomic mass is 19.4. The van der Waals surface area contributed by atoms with Gasteiger partial charge in [-0.1, -0.05) is 0 Å². The molecule has 1 aromatic heterocycles. The molecule has 1 atom stereocenters. The van der Waals surface area contributed by atoms with Crippen molar-refractivity contribution in [1.29, 1.82) is 0 Å². The molecule has 2 fully saturated rings. The van der Waals surface area contributed by atoms with E-state index in [1.54, 1.807) is 4.90 Å². The molecule has 8 heteroatoms. The van der Waals surface area contributed by atoms with Crippen LogP contribution in [-0.4, -0.2) is 54.7 Å². The standard InChI is InChI=1S/C16H20F3N3O2/c17-16(18,19)12-4-5-14(20-11-12)21-6-2-7-22(9-8-21)15(23)13-3-1-10-24-13/h4-5,11,13H,1-3,6-10H2/t13-/m1/s1. The predicted molar refractivity (Wildman–Crippen MR) is 81.6 cm³/mol. The molecule has 24 heavy (non-hydrogen) atoms. The van der Waals surface area contributed by atoms with E-state index in [4.69, 9.17) is 4.74 Å². The molecule has 0 bridgehead atoms. The van der Waals surface area contributed by atoms with Crippen molar-refractivity contribution < 1.29 is 22.7 Å². The maximum absolute atomic E-state index is 12.6. The highest BCUT2D eigenvalue weighted by Crippen LogP contribution is 2.29. The minimum atomic E-state index is -4.38. The third kappa shape index (κ3) is 3.80. The zero-order valence-corrected chi connectivity index (χ0v) is 13.3. The Morgan fingerprint density at radius 3 is 2.62 bits per heavy atom. The molecule has 2 saturated heterocycles. The van der Waals surface area contributed by atoms with Gasteiger partial charge in [0.15, 0.2) is 0 Å². The van der Waals surface area contributed by atoms with Crippen LogP contribution in [0.25, 0.3) is 0 Å². The molecule has 132 valence electrons. The molecule has 0 aliphatic carbocycles. The molecular formula is C16H20F3N3O2. The van der Waals surface area contributed by atoms with E-state index >= 15 is 0 Å². The lowest BCUT2D eigenvalue weighted by molar-refractivity contribution is -0.140. The molecule has 5 nitrogen and oxygen atoms in total. The van der Waals surface area contributed by atoms with E-state index in [2.05, 4.69) is 4.98 Å². The number of hydrogen-bond acceptors (Lipinski definition) is 4. The average molecular weight is 343 g/mol. The topological polar surface area (TPSA) is 45.7 Å². The summed E-state index contributed by atoms with van der Waals surface area (Å²) in [6.45, 7) is 3.01. The van der Waals surface area contributed by atoms with Gasteiger partial charge >= 0.3 is 6.18 Å². The lowest BCUT2D eigenvalue weighted by Crippen LogP contribution is -2.41. The number of hydrogen-bond donors (Lipinski definition) is 0. The van der Waals surface area contributed by atoms with Crippen LogP contribution in [0, 0.1) is 0 Å². The number of pyridine rings is 1. The van der Waals surface area contributed by atoms with Crippen LogP contribution in [0.4, 0.5) is 19.0 Å². The first-order valence-electron chi connectivity index (χ1n) is 8.14. The van der Waals surface area contributed by atoms with Crippen molar-refractivity contribution in [1.82, 2.24) is 9.88 Å². The Kier molecular flexibility index (Phi) is 4.93. The van der Waals surface area contributed by atoms with Gasteiger partial charge in [0.1, 0.15) is 11.9 Å². The molecule has 0 unspecified atom stereocenters. The maximum atomic E-state index is 12.6. The first kappa shape index (κ1) is 17.0. The van der Waals surface area contributed by atoms with Crippen molar-refractivity contribution in [2.75, 3.05) is 37.7 Å². The van der Waals surface area contributed by atoms with Crippen molar-refractivity contribution in [2.45, 2.75) is 31.5 Å². The fourth-order valence-corrected chi connectivity index (χ4v) is 3.08. The second-order valence-corrected chi connectivity index (χ2v) is 6.07. The number of rotatable bonds is 2. The van der Waals surface area contributed by atoms with Crippen LogP contribution in [0.1, 0.15) is 24.8 Å². The van der Waals surface area contributed by atoms with E-state index in [1.807, 2.05) is 4.90 Å². The molecule has 1 aromatic rings. The molecule has 0 aromatic carbocycles. The quantitative estimate of drug-likeness (QED) is 0.827. The largest absolute Gasteiger partial charge is 0.417 e. The number of ether oxygens (including phenoxy) is 1. The second-order valence-electron chi connectivity index (χ2n) is 6.07. The number of anilines is 1. The SMILES string of the molecule is O=C([C@H]1CCCO1)N1CCCN(c2ccc(C(F)(F)F)cn2)CC1. The van der Waals surface area contributed by atoms with E-state index in [9.17, 15) is 18.0 Å². The monoisotopic (exact) mass is 343 g/mol. The van der Waals surface area contributed by atoms with Crippen molar-refractivity contribution >= 4 is 11.7 Å². The van der Waals surface area contributed by atoms with Crippen LogP contribution in [0.5, 0.6) is 0 Å². The molecule has 2 aliphatic heterocycles. The molecular weight excluding hydrogens is 323 g/mol. The minimum Gasteiger partial charge on any atom is -0.368 e. The number of aromatic nitrogens is 1. The summed E-state index contributed by atoms with van der Waals surface area (Å²) in [5, 5.41) is 0. The molecule has 0 spiro atoms. The Balaban J connectivity index is 1.61. The summed E-state index contributed by atoms with van der Waals surface area (Å²) in [6, 6.07) is 2.43. The summed E-state index contributed by atoms with van der Waals surface area (Å²) in [7, 11) is 0. The fourth-order valence-electron chi connectivity index (χ4n) is 3.08. The highest BCUT2D eigenvalue weighted by molar-refractivity contribution is 5.81. The Morgan fingerprint density at radius 1 is 1.17 bits per heavy atom. The van der Waals surface area contributed by atoms with Crippen molar-refractivity contribution in [3.63, 3.8) is 0 Å². The normalized spacial score (nSPS) is 22.5. The van der Waals surface area contributed by atoms with Gasteiger partial charge in [0.05, 0.1) is 5.56 Å². The van der Waals surface area contributed by atoms with Crippen LogP contribution < -0.4 is 4.90 Å². The van der Waals surface area contributed by atoms with Crippen molar-refractivity contribution in [3.05, 3.63) is 23.9 Å². The van der Waals surface area contributed by atoms with Crippen LogP contribution in [-0.2, 0) is 15.7 Å². The van der Waals surface area contributed by atoms with E-state index in [-0.39, 0.29) is 12.0 Å². The molecule has 0 radical (unpaired) electrons. The molecule has 0 saturated carbocycles. The molecule has 1 amide bonds.